The number of rotatable bonds is 4. The lowest BCUT2D eigenvalue weighted by molar-refractivity contribution is -0.0201. The highest BCUT2D eigenvalue weighted by Crippen LogP contribution is 2.46. The molecule has 1 rings (SSSR count). The van der Waals surface area contributed by atoms with Crippen molar-refractivity contribution in [2.24, 2.45) is 10.8 Å². The van der Waals surface area contributed by atoms with E-state index in [0.29, 0.717) is 26.3 Å². The van der Waals surface area contributed by atoms with Gasteiger partial charge in [-0.15, -0.1) is 0 Å². The highest BCUT2D eigenvalue weighted by Gasteiger charge is 2.53. The Hall–Kier alpha value is -0.810. The van der Waals surface area contributed by atoms with Crippen molar-refractivity contribution in [2.75, 3.05) is 40.5 Å². The molecule has 1 amide bonds. The third kappa shape index (κ3) is 3.64. The lowest BCUT2D eigenvalue weighted by Crippen LogP contribution is -2.43. The molecule has 0 aromatic heterocycles. The third-order valence-electron chi connectivity index (χ3n) is 4.11. The molecular formula is C15H29NO4. The van der Waals surface area contributed by atoms with Gasteiger partial charge in [-0.1, -0.05) is 13.8 Å². The number of hydrogen-bond acceptors (Lipinski definition) is 4. The fourth-order valence-corrected chi connectivity index (χ4v) is 2.81. The molecule has 1 aliphatic rings. The molecule has 20 heavy (non-hydrogen) atoms. The van der Waals surface area contributed by atoms with Gasteiger partial charge in [0.05, 0.1) is 13.2 Å². The number of methoxy groups -OCH3 is 2. The van der Waals surface area contributed by atoms with Gasteiger partial charge in [-0.3, -0.25) is 0 Å². The molecule has 0 saturated carbocycles. The summed E-state index contributed by atoms with van der Waals surface area (Å²) in [6, 6.07) is 0. The zero-order valence-corrected chi connectivity index (χ0v) is 13.9. The third-order valence-corrected chi connectivity index (χ3v) is 4.11. The number of carbonyl (C=O) groups is 1. The first kappa shape index (κ1) is 17.2. The summed E-state index contributed by atoms with van der Waals surface area (Å²) in [5.41, 5.74) is -0.766. The largest absolute Gasteiger partial charge is 0.444 e. The van der Waals surface area contributed by atoms with E-state index in [1.165, 1.54) is 0 Å². The van der Waals surface area contributed by atoms with Crippen molar-refractivity contribution < 1.29 is 19.0 Å². The normalized spacial score (nSPS) is 30.6. The molecule has 0 bridgehead atoms. The van der Waals surface area contributed by atoms with Crippen molar-refractivity contribution >= 4 is 6.09 Å². The van der Waals surface area contributed by atoms with E-state index in [1.807, 2.05) is 20.8 Å². The van der Waals surface area contributed by atoms with Crippen LogP contribution >= 0.6 is 0 Å². The van der Waals surface area contributed by atoms with Crippen molar-refractivity contribution in [1.29, 1.82) is 0 Å². The van der Waals surface area contributed by atoms with Gasteiger partial charge in [-0.2, -0.15) is 0 Å². The monoisotopic (exact) mass is 287 g/mol. The summed E-state index contributed by atoms with van der Waals surface area (Å²) >= 11 is 0. The van der Waals surface area contributed by atoms with Crippen molar-refractivity contribution in [3.05, 3.63) is 0 Å². The standard InChI is InChI=1S/C15H29NO4/c1-13(2,3)20-12(17)16-8-14(4,10-18-6)15(5,9-16)11-19-7/h8-11H2,1-7H3/t14-,15+. The zero-order valence-electron chi connectivity index (χ0n) is 13.9. The van der Waals surface area contributed by atoms with Gasteiger partial charge in [0.1, 0.15) is 5.60 Å². The van der Waals surface area contributed by atoms with Gasteiger partial charge in [0.25, 0.3) is 0 Å². The van der Waals surface area contributed by atoms with E-state index in [4.69, 9.17) is 14.2 Å². The SMILES string of the molecule is COC[C@@]1(C)CN(C(=O)OC(C)(C)C)C[C@@]1(C)COC. The van der Waals surface area contributed by atoms with Crippen LogP contribution in [0.5, 0.6) is 0 Å². The summed E-state index contributed by atoms with van der Waals surface area (Å²) < 4.78 is 16.2. The molecule has 1 heterocycles. The van der Waals surface area contributed by atoms with E-state index in [-0.39, 0.29) is 16.9 Å². The predicted molar refractivity (Wildman–Crippen MR) is 77.8 cm³/mol. The van der Waals surface area contributed by atoms with E-state index in [0.717, 1.165) is 0 Å². The van der Waals surface area contributed by atoms with Gasteiger partial charge in [0.15, 0.2) is 0 Å². The lowest BCUT2D eigenvalue weighted by atomic mass is 9.69. The van der Waals surface area contributed by atoms with Crippen LogP contribution in [0.3, 0.4) is 0 Å². The first-order valence-corrected chi connectivity index (χ1v) is 7.03. The highest BCUT2D eigenvalue weighted by atomic mass is 16.6. The van der Waals surface area contributed by atoms with Crippen molar-refractivity contribution in [3.63, 3.8) is 0 Å². The molecule has 0 radical (unpaired) electrons. The minimum atomic E-state index is -0.477. The molecule has 1 saturated heterocycles. The van der Waals surface area contributed by atoms with Crippen molar-refractivity contribution in [2.45, 2.75) is 40.2 Å². The minimum absolute atomic E-state index is 0.144. The van der Waals surface area contributed by atoms with Crippen LogP contribution in [0, 0.1) is 10.8 Å². The summed E-state index contributed by atoms with van der Waals surface area (Å²) in [5, 5.41) is 0. The summed E-state index contributed by atoms with van der Waals surface area (Å²) in [5.74, 6) is 0. The van der Waals surface area contributed by atoms with E-state index < -0.39 is 5.60 Å². The molecule has 5 nitrogen and oxygen atoms in total. The van der Waals surface area contributed by atoms with Crippen molar-refractivity contribution in [1.82, 2.24) is 4.90 Å². The Morgan fingerprint density at radius 2 is 1.45 bits per heavy atom. The second-order valence-corrected chi connectivity index (χ2v) is 7.32. The Morgan fingerprint density at radius 3 is 1.75 bits per heavy atom. The molecule has 0 unspecified atom stereocenters. The summed E-state index contributed by atoms with van der Waals surface area (Å²) in [7, 11) is 3.38. The Bertz CT molecular complexity index is 332. The minimum Gasteiger partial charge on any atom is -0.444 e. The summed E-state index contributed by atoms with van der Waals surface area (Å²) in [6.07, 6.45) is -0.264. The number of likely N-dealkylation sites (tertiary alicyclic amines) is 1. The topological polar surface area (TPSA) is 48.0 Å². The number of hydrogen-bond donors (Lipinski definition) is 0. The molecule has 0 aromatic carbocycles. The predicted octanol–water partition coefficient (Wildman–Crippen LogP) is 2.54. The molecule has 1 aliphatic heterocycles. The second-order valence-electron chi connectivity index (χ2n) is 7.32. The van der Waals surface area contributed by atoms with Gasteiger partial charge in [0.2, 0.25) is 0 Å². The van der Waals surface area contributed by atoms with Gasteiger partial charge in [-0.05, 0) is 20.8 Å². The first-order valence-electron chi connectivity index (χ1n) is 7.03. The Morgan fingerprint density at radius 1 is 1.05 bits per heavy atom. The molecule has 5 heteroatoms. The average Bonchev–Trinajstić information content (AvgIpc) is 2.50. The first-order chi connectivity index (χ1) is 9.07. The van der Waals surface area contributed by atoms with Crippen LogP contribution in [0.4, 0.5) is 4.79 Å². The molecule has 0 aliphatic carbocycles. The van der Waals surface area contributed by atoms with Crippen LogP contribution in [-0.4, -0.2) is 57.1 Å². The zero-order chi connectivity index (χ0) is 15.6. The Balaban J connectivity index is 2.88. The van der Waals surface area contributed by atoms with E-state index in [9.17, 15) is 4.79 Å². The van der Waals surface area contributed by atoms with E-state index in [1.54, 1.807) is 19.1 Å². The molecule has 2 atom stereocenters. The van der Waals surface area contributed by atoms with Crippen LogP contribution in [-0.2, 0) is 14.2 Å². The van der Waals surface area contributed by atoms with Crippen LogP contribution in [0.25, 0.3) is 0 Å². The van der Waals surface area contributed by atoms with Crippen LogP contribution < -0.4 is 0 Å². The number of carbonyl (C=O) groups excluding carboxylic acids is 1. The Labute approximate surface area is 122 Å². The van der Waals surface area contributed by atoms with Gasteiger partial charge in [0, 0.05) is 38.1 Å². The van der Waals surface area contributed by atoms with Crippen LogP contribution in [0.1, 0.15) is 34.6 Å². The highest BCUT2D eigenvalue weighted by molar-refractivity contribution is 5.69. The fraction of sp³-hybridized carbons (Fsp3) is 0.933. The lowest BCUT2D eigenvalue weighted by Gasteiger charge is -2.38. The van der Waals surface area contributed by atoms with Gasteiger partial charge in [-0.25, -0.2) is 4.79 Å². The number of ether oxygens (including phenoxy) is 3. The van der Waals surface area contributed by atoms with Crippen LogP contribution in [0.15, 0.2) is 0 Å². The molecule has 0 spiro atoms. The average molecular weight is 287 g/mol. The van der Waals surface area contributed by atoms with Gasteiger partial charge >= 0.3 is 6.09 Å². The molecular weight excluding hydrogens is 258 g/mol. The molecule has 0 N–H and O–H groups in total. The van der Waals surface area contributed by atoms with Crippen molar-refractivity contribution in [3.8, 4) is 0 Å². The van der Waals surface area contributed by atoms with Gasteiger partial charge < -0.3 is 19.1 Å². The van der Waals surface area contributed by atoms with Crippen LogP contribution in [0.2, 0.25) is 0 Å². The Kier molecular flexibility index (Phi) is 5.08. The molecule has 1 fully saturated rings. The number of amides is 1. The quantitative estimate of drug-likeness (QED) is 0.797. The second kappa shape index (κ2) is 5.90. The van der Waals surface area contributed by atoms with E-state index in [2.05, 4.69) is 13.8 Å². The maximum absolute atomic E-state index is 12.3. The fourth-order valence-electron chi connectivity index (χ4n) is 2.81. The molecule has 118 valence electrons. The summed E-state index contributed by atoms with van der Waals surface area (Å²) in [6.45, 7) is 12.3. The maximum Gasteiger partial charge on any atom is 0.410 e. The summed E-state index contributed by atoms with van der Waals surface area (Å²) in [4.78, 5) is 14.0. The smallest absolute Gasteiger partial charge is 0.410 e. The number of nitrogens with zero attached hydrogens (tertiary/aromatic N) is 1. The maximum atomic E-state index is 12.3. The van der Waals surface area contributed by atoms with E-state index >= 15 is 0 Å². The molecule has 0 aromatic rings.